The minimum atomic E-state index is 0.625. The number of aromatic nitrogens is 4. The van der Waals surface area contributed by atoms with E-state index in [2.05, 4.69) is 174 Å². The molecular weight excluding hydrogens is 669 g/mol. The van der Waals surface area contributed by atoms with Crippen molar-refractivity contribution in [2.75, 3.05) is 0 Å². The predicted molar refractivity (Wildman–Crippen MR) is 227 cm³/mol. The van der Waals surface area contributed by atoms with Gasteiger partial charge in [-0.05, 0) is 63.7 Å². The molecule has 8 aromatic carbocycles. The van der Waals surface area contributed by atoms with Crippen molar-refractivity contribution in [2.45, 2.75) is 0 Å². The zero-order chi connectivity index (χ0) is 36.6. The molecule has 2 heterocycles. The van der Waals surface area contributed by atoms with Crippen molar-refractivity contribution in [1.29, 1.82) is 0 Å². The Labute approximate surface area is 319 Å². The maximum atomic E-state index is 5.15. The van der Waals surface area contributed by atoms with Gasteiger partial charge in [0.2, 0.25) is 0 Å². The molecule has 0 unspecified atom stereocenters. The molecule has 0 radical (unpaired) electrons. The van der Waals surface area contributed by atoms with Crippen LogP contribution in [0.5, 0.6) is 0 Å². The van der Waals surface area contributed by atoms with Crippen LogP contribution in [0.25, 0.3) is 95.0 Å². The van der Waals surface area contributed by atoms with Crippen LogP contribution in [0, 0.1) is 0 Å². The molecule has 0 amide bonds. The van der Waals surface area contributed by atoms with E-state index in [9.17, 15) is 0 Å². The van der Waals surface area contributed by atoms with Crippen LogP contribution < -0.4 is 0 Å². The minimum absolute atomic E-state index is 0.625. The lowest BCUT2D eigenvalue weighted by Crippen LogP contribution is -2.00. The van der Waals surface area contributed by atoms with E-state index in [-0.39, 0.29) is 0 Å². The van der Waals surface area contributed by atoms with E-state index < -0.39 is 0 Å². The molecule has 0 saturated heterocycles. The minimum Gasteiger partial charge on any atom is -0.309 e. The van der Waals surface area contributed by atoms with Crippen LogP contribution in [0.4, 0.5) is 0 Å². The fourth-order valence-electron chi connectivity index (χ4n) is 7.52. The summed E-state index contributed by atoms with van der Waals surface area (Å²) in [4.78, 5) is 15.3. The molecule has 4 heteroatoms. The molecule has 10 rings (SSSR count). The van der Waals surface area contributed by atoms with Gasteiger partial charge in [0.15, 0.2) is 17.5 Å². The summed E-state index contributed by atoms with van der Waals surface area (Å²) in [6.07, 6.45) is 0. The largest absolute Gasteiger partial charge is 0.309 e. The quantitative estimate of drug-likeness (QED) is 0.166. The highest BCUT2D eigenvalue weighted by Crippen LogP contribution is 2.36. The lowest BCUT2D eigenvalue weighted by Gasteiger charge is -2.12. The van der Waals surface area contributed by atoms with Crippen molar-refractivity contribution < 1.29 is 0 Å². The number of para-hydroxylation sites is 1. The molecule has 0 atom stereocenters. The Balaban J connectivity index is 1.11. The van der Waals surface area contributed by atoms with Gasteiger partial charge in [-0.1, -0.05) is 176 Å². The van der Waals surface area contributed by atoms with Gasteiger partial charge < -0.3 is 4.57 Å². The number of rotatable bonds is 7. The Morgan fingerprint density at radius 2 is 0.673 bits per heavy atom. The molecule has 0 N–H and O–H groups in total. The summed E-state index contributed by atoms with van der Waals surface area (Å²) >= 11 is 0. The van der Waals surface area contributed by atoms with E-state index >= 15 is 0 Å². The van der Waals surface area contributed by atoms with Crippen molar-refractivity contribution in [2.24, 2.45) is 0 Å². The summed E-state index contributed by atoms with van der Waals surface area (Å²) in [6, 6.07) is 72.3. The van der Waals surface area contributed by atoms with Gasteiger partial charge in [0.25, 0.3) is 0 Å². The first-order valence-corrected chi connectivity index (χ1v) is 18.5. The fourth-order valence-corrected chi connectivity index (χ4v) is 7.52. The second kappa shape index (κ2) is 13.8. The SMILES string of the molecule is c1ccc(-c2ccc(-c3cccc(-n4c5ccccc5c5ccc(-c6nc(-c7ccccc7)nc(-c7cccc(-c8ccccc8)c7)n6)cc54)c3)cc2)cc1. The zero-order valence-corrected chi connectivity index (χ0v) is 29.9. The van der Waals surface area contributed by atoms with Crippen molar-refractivity contribution in [3.05, 3.63) is 206 Å². The highest BCUT2D eigenvalue weighted by molar-refractivity contribution is 6.10. The maximum absolute atomic E-state index is 5.15. The van der Waals surface area contributed by atoms with Crippen LogP contribution in [0.3, 0.4) is 0 Å². The monoisotopic (exact) mass is 702 g/mol. The van der Waals surface area contributed by atoms with Gasteiger partial charge in [0.1, 0.15) is 0 Å². The molecule has 0 fully saturated rings. The Morgan fingerprint density at radius 1 is 0.255 bits per heavy atom. The number of benzene rings is 8. The molecule has 2 aromatic heterocycles. The third kappa shape index (κ3) is 6.16. The summed E-state index contributed by atoms with van der Waals surface area (Å²) < 4.78 is 2.36. The molecule has 0 aliphatic carbocycles. The first-order chi connectivity index (χ1) is 27.2. The Morgan fingerprint density at radius 3 is 1.35 bits per heavy atom. The van der Waals surface area contributed by atoms with E-state index in [0.717, 1.165) is 50.1 Å². The van der Waals surface area contributed by atoms with Crippen molar-refractivity contribution >= 4 is 21.8 Å². The molecule has 0 aliphatic heterocycles. The van der Waals surface area contributed by atoms with E-state index in [1.54, 1.807) is 0 Å². The summed E-state index contributed by atoms with van der Waals surface area (Å²) in [5, 5.41) is 2.37. The average molecular weight is 703 g/mol. The molecule has 0 spiro atoms. The standard InChI is InChI=1S/C51H34N4/c1-4-14-35(15-5-1)37-26-28-38(29-27-37)41-21-13-23-44(33-41)55-47-25-11-10-24-45(47)46-31-30-43(34-48(46)55)51-53-49(39-18-8-3-9-19-39)52-50(54-51)42-22-12-20-40(32-42)36-16-6-2-7-17-36/h1-34H. The Bertz CT molecular complexity index is 2950. The van der Waals surface area contributed by atoms with Crippen LogP contribution in [-0.2, 0) is 0 Å². The maximum Gasteiger partial charge on any atom is 0.164 e. The number of hydrogen-bond donors (Lipinski definition) is 0. The van der Waals surface area contributed by atoms with Gasteiger partial charge in [-0.3, -0.25) is 0 Å². The van der Waals surface area contributed by atoms with E-state index in [1.807, 2.05) is 36.4 Å². The summed E-state index contributed by atoms with van der Waals surface area (Å²) in [7, 11) is 0. The van der Waals surface area contributed by atoms with Gasteiger partial charge in [0, 0.05) is 33.2 Å². The lowest BCUT2D eigenvalue weighted by molar-refractivity contribution is 1.07. The third-order valence-electron chi connectivity index (χ3n) is 10.3. The van der Waals surface area contributed by atoms with Gasteiger partial charge in [-0.2, -0.15) is 0 Å². The van der Waals surface area contributed by atoms with Gasteiger partial charge >= 0.3 is 0 Å². The first kappa shape index (κ1) is 32.2. The van der Waals surface area contributed by atoms with Crippen LogP contribution in [0.15, 0.2) is 206 Å². The molecule has 10 aromatic rings. The van der Waals surface area contributed by atoms with Crippen LogP contribution >= 0.6 is 0 Å². The topological polar surface area (TPSA) is 43.6 Å². The van der Waals surface area contributed by atoms with Crippen LogP contribution in [-0.4, -0.2) is 19.5 Å². The van der Waals surface area contributed by atoms with Gasteiger partial charge in [-0.15, -0.1) is 0 Å². The number of hydrogen-bond acceptors (Lipinski definition) is 3. The van der Waals surface area contributed by atoms with Crippen molar-refractivity contribution in [3.63, 3.8) is 0 Å². The highest BCUT2D eigenvalue weighted by Gasteiger charge is 2.17. The summed E-state index contributed by atoms with van der Waals surface area (Å²) in [5.41, 5.74) is 13.1. The van der Waals surface area contributed by atoms with Crippen LogP contribution in [0.1, 0.15) is 0 Å². The Hall–Kier alpha value is -7.43. The average Bonchev–Trinajstić information content (AvgIpc) is 3.61. The molecule has 55 heavy (non-hydrogen) atoms. The Kier molecular flexibility index (Phi) is 8.12. The molecule has 0 bridgehead atoms. The molecule has 258 valence electrons. The summed E-state index contributed by atoms with van der Waals surface area (Å²) in [5.74, 6) is 1.89. The molecule has 0 saturated carbocycles. The summed E-state index contributed by atoms with van der Waals surface area (Å²) in [6.45, 7) is 0. The normalized spacial score (nSPS) is 11.3. The molecular formula is C51H34N4. The van der Waals surface area contributed by atoms with Crippen LogP contribution in [0.2, 0.25) is 0 Å². The van der Waals surface area contributed by atoms with E-state index in [0.29, 0.717) is 17.5 Å². The van der Waals surface area contributed by atoms with Crippen molar-refractivity contribution in [3.8, 4) is 73.2 Å². The van der Waals surface area contributed by atoms with E-state index in [4.69, 9.17) is 15.0 Å². The zero-order valence-electron chi connectivity index (χ0n) is 29.9. The third-order valence-corrected chi connectivity index (χ3v) is 10.3. The molecule has 0 aliphatic rings. The second-order valence-corrected chi connectivity index (χ2v) is 13.7. The lowest BCUT2D eigenvalue weighted by atomic mass is 10.00. The predicted octanol–water partition coefficient (Wildman–Crippen LogP) is 13.0. The molecule has 4 nitrogen and oxygen atoms in total. The van der Waals surface area contributed by atoms with Crippen molar-refractivity contribution in [1.82, 2.24) is 19.5 Å². The number of nitrogens with zero attached hydrogens (tertiary/aromatic N) is 4. The van der Waals surface area contributed by atoms with Gasteiger partial charge in [-0.25, -0.2) is 15.0 Å². The van der Waals surface area contributed by atoms with Gasteiger partial charge in [0.05, 0.1) is 11.0 Å². The fraction of sp³-hybridized carbons (Fsp3) is 0. The number of fused-ring (bicyclic) bond motifs is 3. The highest BCUT2D eigenvalue weighted by atomic mass is 15.0. The first-order valence-electron chi connectivity index (χ1n) is 18.5. The second-order valence-electron chi connectivity index (χ2n) is 13.7. The van der Waals surface area contributed by atoms with E-state index in [1.165, 1.54) is 27.5 Å². The smallest absolute Gasteiger partial charge is 0.164 e.